The van der Waals surface area contributed by atoms with Gasteiger partial charge in [-0.2, -0.15) is 0 Å². The summed E-state index contributed by atoms with van der Waals surface area (Å²) in [7, 11) is 0. The van der Waals surface area contributed by atoms with Gasteiger partial charge in [0.05, 0.1) is 16.7 Å². The van der Waals surface area contributed by atoms with Crippen molar-refractivity contribution in [3.63, 3.8) is 0 Å². The zero-order valence-electron chi connectivity index (χ0n) is 15.1. The second-order valence-electron chi connectivity index (χ2n) is 6.67. The van der Waals surface area contributed by atoms with Crippen molar-refractivity contribution in [2.24, 2.45) is 5.73 Å². The maximum atomic E-state index is 11.3. The highest BCUT2D eigenvalue weighted by Gasteiger charge is 2.23. The molecule has 3 aromatic rings. The van der Waals surface area contributed by atoms with Crippen molar-refractivity contribution in [1.29, 1.82) is 0 Å². The van der Waals surface area contributed by atoms with E-state index in [-0.39, 0.29) is 11.8 Å². The minimum Gasteiger partial charge on any atom is -0.490 e. The fraction of sp³-hybridized carbons (Fsp3) is 0.300. The third-order valence-electron chi connectivity index (χ3n) is 4.75. The summed E-state index contributed by atoms with van der Waals surface area (Å²) in [5.41, 5.74) is 8.25. The van der Waals surface area contributed by atoms with Crippen molar-refractivity contribution in [2.45, 2.75) is 25.9 Å². The topological polar surface area (TPSA) is 94.2 Å². The van der Waals surface area contributed by atoms with Gasteiger partial charge in [0, 0.05) is 38.2 Å². The lowest BCUT2D eigenvalue weighted by Gasteiger charge is -2.33. The van der Waals surface area contributed by atoms with Crippen LogP contribution in [0.5, 0.6) is 5.75 Å². The molecule has 138 valence electrons. The van der Waals surface area contributed by atoms with E-state index in [2.05, 4.69) is 14.9 Å². The summed E-state index contributed by atoms with van der Waals surface area (Å²) in [6.45, 7) is 3.68. The number of rotatable bonds is 4. The molecular formula is C20H21N5O2. The quantitative estimate of drug-likeness (QED) is 0.765. The maximum absolute atomic E-state index is 11.3. The largest absolute Gasteiger partial charge is 0.490 e. The number of hydrogen-bond acceptors (Lipinski definition) is 6. The molecule has 1 aliphatic heterocycles. The van der Waals surface area contributed by atoms with Gasteiger partial charge in [0.15, 0.2) is 5.82 Å². The number of nitrogens with two attached hydrogens (primary N) is 1. The van der Waals surface area contributed by atoms with Crippen LogP contribution in [0.4, 0.5) is 5.82 Å². The molecule has 0 saturated carbocycles. The molecular weight excluding hydrogens is 342 g/mol. The molecule has 1 saturated heterocycles. The van der Waals surface area contributed by atoms with E-state index in [4.69, 9.17) is 15.5 Å². The van der Waals surface area contributed by atoms with Crippen LogP contribution in [-0.2, 0) is 0 Å². The highest BCUT2D eigenvalue weighted by atomic mass is 16.5. The number of nitrogens with zero attached hydrogens (tertiary/aromatic N) is 4. The van der Waals surface area contributed by atoms with Crippen LogP contribution >= 0.6 is 0 Å². The lowest BCUT2D eigenvalue weighted by Crippen LogP contribution is -2.39. The van der Waals surface area contributed by atoms with Crippen molar-refractivity contribution in [3.8, 4) is 5.75 Å². The monoisotopic (exact) mass is 363 g/mol. The molecule has 3 heterocycles. The third kappa shape index (κ3) is 3.67. The van der Waals surface area contributed by atoms with Crippen molar-refractivity contribution >= 4 is 22.8 Å². The van der Waals surface area contributed by atoms with Gasteiger partial charge in [0.1, 0.15) is 17.5 Å². The van der Waals surface area contributed by atoms with E-state index in [9.17, 15) is 4.79 Å². The Morgan fingerprint density at radius 1 is 1.15 bits per heavy atom. The number of para-hydroxylation sites is 2. The lowest BCUT2D eigenvalue weighted by atomic mass is 10.1. The molecule has 0 spiro atoms. The summed E-state index contributed by atoms with van der Waals surface area (Å²) in [4.78, 5) is 26.9. The first-order valence-electron chi connectivity index (χ1n) is 9.01. The number of pyridine rings is 1. The van der Waals surface area contributed by atoms with Gasteiger partial charge in [-0.1, -0.05) is 12.1 Å². The zero-order chi connectivity index (χ0) is 18.8. The van der Waals surface area contributed by atoms with Gasteiger partial charge >= 0.3 is 0 Å². The number of aryl methyl sites for hydroxylation is 1. The Bertz CT molecular complexity index is 983. The second-order valence-corrected chi connectivity index (χ2v) is 6.67. The second kappa shape index (κ2) is 7.19. The molecule has 7 nitrogen and oxygen atoms in total. The number of piperidine rings is 1. The Hall–Kier alpha value is -3.22. The molecule has 1 amide bonds. The third-order valence-corrected chi connectivity index (χ3v) is 4.75. The van der Waals surface area contributed by atoms with E-state index in [0.717, 1.165) is 48.5 Å². The van der Waals surface area contributed by atoms with E-state index in [0.29, 0.717) is 5.75 Å². The van der Waals surface area contributed by atoms with Crippen LogP contribution in [0.3, 0.4) is 0 Å². The standard InChI is InChI=1S/C20H21N5O2/c1-13-20(24-17-5-3-2-4-16(17)23-13)25-10-7-14(8-11-25)27-15-6-9-22-18(12-15)19(21)26/h2-6,9,12,14H,7-8,10-11H2,1H3,(H2,21,26). The minimum atomic E-state index is -0.555. The predicted molar refractivity (Wildman–Crippen MR) is 103 cm³/mol. The number of benzene rings is 1. The number of amides is 1. The van der Waals surface area contributed by atoms with Crippen molar-refractivity contribution in [1.82, 2.24) is 15.0 Å². The number of ether oxygens (including phenoxy) is 1. The molecule has 0 radical (unpaired) electrons. The lowest BCUT2D eigenvalue weighted by molar-refractivity contribution is 0.0994. The molecule has 1 fully saturated rings. The number of primary amides is 1. The first kappa shape index (κ1) is 17.2. The average molecular weight is 363 g/mol. The fourth-order valence-electron chi connectivity index (χ4n) is 3.38. The van der Waals surface area contributed by atoms with Crippen molar-refractivity contribution in [2.75, 3.05) is 18.0 Å². The molecule has 1 aromatic carbocycles. The van der Waals surface area contributed by atoms with E-state index in [1.54, 1.807) is 18.3 Å². The van der Waals surface area contributed by atoms with Crippen LogP contribution < -0.4 is 15.4 Å². The van der Waals surface area contributed by atoms with E-state index in [1.165, 1.54) is 0 Å². The number of aromatic nitrogens is 3. The molecule has 7 heteroatoms. The molecule has 4 rings (SSSR count). The minimum absolute atomic E-state index is 0.0816. The predicted octanol–water partition coefficient (Wildman–Crippen LogP) is 2.48. The number of fused-ring (bicyclic) bond motifs is 1. The summed E-state index contributed by atoms with van der Waals surface area (Å²) in [5, 5.41) is 0. The van der Waals surface area contributed by atoms with Gasteiger partial charge < -0.3 is 15.4 Å². The van der Waals surface area contributed by atoms with Crippen LogP contribution in [0.25, 0.3) is 11.0 Å². The van der Waals surface area contributed by atoms with Gasteiger partial charge in [-0.3, -0.25) is 9.78 Å². The van der Waals surface area contributed by atoms with Gasteiger partial charge in [0.25, 0.3) is 5.91 Å². The molecule has 0 bridgehead atoms. The van der Waals surface area contributed by atoms with Crippen molar-refractivity contribution < 1.29 is 9.53 Å². The summed E-state index contributed by atoms with van der Waals surface area (Å²) in [6.07, 6.45) is 3.35. The SMILES string of the molecule is Cc1nc2ccccc2nc1N1CCC(Oc2ccnc(C(N)=O)c2)CC1. The normalized spacial score (nSPS) is 15.1. The smallest absolute Gasteiger partial charge is 0.267 e. The summed E-state index contributed by atoms with van der Waals surface area (Å²) in [5.74, 6) is 1.01. The highest BCUT2D eigenvalue weighted by molar-refractivity contribution is 5.91. The number of carbonyl (C=O) groups excluding carboxylic acids is 1. The number of carbonyl (C=O) groups is 1. The number of anilines is 1. The Kier molecular flexibility index (Phi) is 4.58. The van der Waals surface area contributed by atoms with Crippen LogP contribution in [0.15, 0.2) is 42.6 Å². The molecule has 0 aliphatic carbocycles. The first-order chi connectivity index (χ1) is 13.1. The number of hydrogen-bond donors (Lipinski definition) is 1. The van der Waals surface area contributed by atoms with E-state index in [1.807, 2.05) is 31.2 Å². The average Bonchev–Trinajstić information content (AvgIpc) is 2.68. The molecule has 0 unspecified atom stereocenters. The van der Waals surface area contributed by atoms with E-state index >= 15 is 0 Å². The fourth-order valence-corrected chi connectivity index (χ4v) is 3.38. The zero-order valence-corrected chi connectivity index (χ0v) is 15.1. The highest BCUT2D eigenvalue weighted by Crippen LogP contribution is 2.25. The Morgan fingerprint density at radius 2 is 1.85 bits per heavy atom. The Labute approximate surface area is 157 Å². The van der Waals surface area contributed by atoms with Crippen LogP contribution in [0, 0.1) is 6.92 Å². The van der Waals surface area contributed by atoms with E-state index < -0.39 is 5.91 Å². The van der Waals surface area contributed by atoms with Gasteiger partial charge in [-0.05, 0) is 25.1 Å². The summed E-state index contributed by atoms with van der Waals surface area (Å²) in [6, 6.07) is 11.3. The maximum Gasteiger partial charge on any atom is 0.267 e. The molecule has 0 atom stereocenters. The van der Waals surface area contributed by atoms with Gasteiger partial charge in [-0.25, -0.2) is 9.97 Å². The molecule has 27 heavy (non-hydrogen) atoms. The summed E-state index contributed by atoms with van der Waals surface area (Å²) >= 11 is 0. The first-order valence-corrected chi connectivity index (χ1v) is 9.01. The molecule has 2 aromatic heterocycles. The van der Waals surface area contributed by atoms with Crippen LogP contribution in [0.1, 0.15) is 29.0 Å². The van der Waals surface area contributed by atoms with Gasteiger partial charge in [-0.15, -0.1) is 0 Å². The van der Waals surface area contributed by atoms with Gasteiger partial charge in [0.2, 0.25) is 0 Å². The van der Waals surface area contributed by atoms with Crippen molar-refractivity contribution in [3.05, 3.63) is 54.0 Å². The van der Waals surface area contributed by atoms with Crippen LogP contribution in [0.2, 0.25) is 0 Å². The summed E-state index contributed by atoms with van der Waals surface area (Å²) < 4.78 is 6.02. The molecule has 1 aliphatic rings. The molecule has 2 N–H and O–H groups in total. The Balaban J connectivity index is 1.44. The Morgan fingerprint density at radius 3 is 2.56 bits per heavy atom. The van der Waals surface area contributed by atoms with Crippen LogP contribution in [-0.4, -0.2) is 40.1 Å².